The van der Waals surface area contributed by atoms with Gasteiger partial charge < -0.3 is 9.73 Å². The van der Waals surface area contributed by atoms with Gasteiger partial charge in [-0.1, -0.05) is 30.3 Å². The lowest BCUT2D eigenvalue weighted by Crippen LogP contribution is -2.34. The minimum atomic E-state index is -0.208. The third-order valence-electron chi connectivity index (χ3n) is 4.94. The number of furan rings is 1. The SMILES string of the molecule is CN(C)C(CNC(=O)c1ccc2c(c1)C(=O)c1ccccc1-2)c1ccco1. The molecule has 5 heteroatoms. The summed E-state index contributed by atoms with van der Waals surface area (Å²) in [4.78, 5) is 27.3. The third-order valence-corrected chi connectivity index (χ3v) is 4.94. The Morgan fingerprint density at radius 1 is 1.00 bits per heavy atom. The number of rotatable bonds is 5. The summed E-state index contributed by atoms with van der Waals surface area (Å²) in [6.07, 6.45) is 1.62. The number of hydrogen-bond acceptors (Lipinski definition) is 4. The summed E-state index contributed by atoms with van der Waals surface area (Å²) in [5.41, 5.74) is 3.56. The molecule has 2 aromatic carbocycles. The fourth-order valence-electron chi connectivity index (χ4n) is 3.48. The molecule has 1 aliphatic carbocycles. The minimum absolute atomic E-state index is 0.0306. The van der Waals surface area contributed by atoms with Crippen molar-refractivity contribution in [2.24, 2.45) is 0 Å². The second-order valence-electron chi connectivity index (χ2n) is 6.84. The average Bonchev–Trinajstić information content (AvgIpc) is 3.29. The van der Waals surface area contributed by atoms with Crippen LogP contribution in [0.25, 0.3) is 11.1 Å². The Balaban J connectivity index is 1.53. The highest BCUT2D eigenvalue weighted by Gasteiger charge is 2.27. The first-order chi connectivity index (χ1) is 13.1. The van der Waals surface area contributed by atoms with E-state index in [1.807, 2.05) is 61.5 Å². The van der Waals surface area contributed by atoms with Gasteiger partial charge in [0.15, 0.2) is 5.78 Å². The van der Waals surface area contributed by atoms with Crippen LogP contribution in [-0.4, -0.2) is 37.2 Å². The van der Waals surface area contributed by atoms with Crippen LogP contribution in [0, 0.1) is 0 Å². The van der Waals surface area contributed by atoms with Crippen molar-refractivity contribution in [3.63, 3.8) is 0 Å². The van der Waals surface area contributed by atoms with Crippen LogP contribution < -0.4 is 5.32 Å². The van der Waals surface area contributed by atoms with Crippen molar-refractivity contribution in [1.29, 1.82) is 0 Å². The first kappa shape index (κ1) is 17.2. The molecular formula is C22H20N2O3. The Labute approximate surface area is 157 Å². The van der Waals surface area contributed by atoms with Crippen molar-refractivity contribution in [3.8, 4) is 11.1 Å². The monoisotopic (exact) mass is 360 g/mol. The van der Waals surface area contributed by atoms with E-state index in [2.05, 4.69) is 5.32 Å². The summed E-state index contributed by atoms with van der Waals surface area (Å²) in [5.74, 6) is 0.553. The van der Waals surface area contributed by atoms with Crippen molar-refractivity contribution in [1.82, 2.24) is 10.2 Å². The van der Waals surface area contributed by atoms with E-state index in [0.717, 1.165) is 16.9 Å². The standard InChI is InChI=1S/C22H20N2O3/c1-24(2)19(20-8-5-11-27-20)13-23-22(26)14-9-10-16-15-6-3-4-7-17(15)21(25)18(16)12-14/h3-12,19H,13H2,1-2H3,(H,23,26). The summed E-state index contributed by atoms with van der Waals surface area (Å²) in [7, 11) is 3.87. The number of fused-ring (bicyclic) bond motifs is 3. The fraction of sp³-hybridized carbons (Fsp3) is 0.182. The summed E-state index contributed by atoms with van der Waals surface area (Å²) in [6.45, 7) is 0.407. The van der Waals surface area contributed by atoms with Gasteiger partial charge in [0.2, 0.25) is 0 Å². The molecule has 5 nitrogen and oxygen atoms in total. The largest absolute Gasteiger partial charge is 0.468 e. The molecular weight excluding hydrogens is 340 g/mol. The number of ketones is 1. The highest BCUT2D eigenvalue weighted by atomic mass is 16.3. The number of carbonyl (C=O) groups excluding carboxylic acids is 2. The van der Waals surface area contributed by atoms with Gasteiger partial charge in [0.1, 0.15) is 5.76 Å². The van der Waals surface area contributed by atoms with Gasteiger partial charge in [-0.05, 0) is 49.5 Å². The van der Waals surface area contributed by atoms with E-state index in [-0.39, 0.29) is 17.7 Å². The highest BCUT2D eigenvalue weighted by molar-refractivity contribution is 6.22. The van der Waals surface area contributed by atoms with E-state index in [0.29, 0.717) is 23.2 Å². The Bertz CT molecular complexity index is 1010. The summed E-state index contributed by atoms with van der Waals surface area (Å²) in [6, 6.07) is 16.5. The molecule has 136 valence electrons. The smallest absolute Gasteiger partial charge is 0.251 e. The number of hydrogen-bond donors (Lipinski definition) is 1. The van der Waals surface area contributed by atoms with Crippen molar-refractivity contribution < 1.29 is 14.0 Å². The zero-order valence-corrected chi connectivity index (χ0v) is 15.2. The van der Waals surface area contributed by atoms with E-state index >= 15 is 0 Å². The zero-order chi connectivity index (χ0) is 19.0. The number of carbonyl (C=O) groups is 2. The molecule has 1 aromatic heterocycles. The fourth-order valence-corrected chi connectivity index (χ4v) is 3.48. The number of nitrogens with one attached hydrogen (secondary N) is 1. The van der Waals surface area contributed by atoms with Gasteiger partial charge >= 0.3 is 0 Å². The molecule has 27 heavy (non-hydrogen) atoms. The van der Waals surface area contributed by atoms with Gasteiger partial charge in [0.05, 0.1) is 12.3 Å². The summed E-state index contributed by atoms with van der Waals surface area (Å²) < 4.78 is 5.47. The highest BCUT2D eigenvalue weighted by Crippen LogP contribution is 2.36. The third kappa shape index (κ3) is 3.06. The van der Waals surface area contributed by atoms with Crippen molar-refractivity contribution in [2.75, 3.05) is 20.6 Å². The molecule has 0 radical (unpaired) electrons. The maximum Gasteiger partial charge on any atom is 0.251 e. The Morgan fingerprint density at radius 3 is 2.44 bits per heavy atom. The quantitative estimate of drug-likeness (QED) is 0.591. The molecule has 0 spiro atoms. The molecule has 1 unspecified atom stereocenters. The maximum atomic E-state index is 12.6. The van der Waals surface area contributed by atoms with Crippen LogP contribution in [0.5, 0.6) is 0 Å². The topological polar surface area (TPSA) is 62.6 Å². The Kier molecular flexibility index (Phi) is 4.38. The first-order valence-corrected chi connectivity index (χ1v) is 8.82. The van der Waals surface area contributed by atoms with Crippen LogP contribution in [0.1, 0.15) is 38.1 Å². The molecule has 1 aliphatic rings. The van der Waals surface area contributed by atoms with Crippen LogP contribution in [-0.2, 0) is 0 Å². The van der Waals surface area contributed by atoms with E-state index in [1.165, 1.54) is 0 Å². The summed E-state index contributed by atoms with van der Waals surface area (Å²) >= 11 is 0. The van der Waals surface area contributed by atoms with E-state index < -0.39 is 0 Å². The van der Waals surface area contributed by atoms with Gasteiger partial charge in [-0.25, -0.2) is 0 Å². The average molecular weight is 360 g/mol. The molecule has 0 saturated heterocycles. The number of likely N-dealkylation sites (N-methyl/N-ethyl adjacent to an activating group) is 1. The number of amides is 1. The van der Waals surface area contributed by atoms with Crippen molar-refractivity contribution in [2.45, 2.75) is 6.04 Å². The zero-order valence-electron chi connectivity index (χ0n) is 15.2. The molecule has 0 saturated carbocycles. The predicted octanol–water partition coefficient (Wildman–Crippen LogP) is 3.52. The molecule has 1 heterocycles. The molecule has 3 aromatic rings. The lowest BCUT2D eigenvalue weighted by Gasteiger charge is -2.22. The van der Waals surface area contributed by atoms with Crippen molar-refractivity contribution >= 4 is 11.7 Å². The number of nitrogens with zero attached hydrogens (tertiary/aromatic N) is 1. The molecule has 4 rings (SSSR count). The molecule has 1 amide bonds. The van der Waals surface area contributed by atoms with Gasteiger partial charge in [0, 0.05) is 23.2 Å². The molecule has 0 fully saturated rings. The summed E-state index contributed by atoms with van der Waals surface area (Å²) in [5, 5.41) is 2.94. The van der Waals surface area contributed by atoms with Crippen LogP contribution >= 0.6 is 0 Å². The lowest BCUT2D eigenvalue weighted by atomic mass is 10.0. The van der Waals surface area contributed by atoms with Crippen molar-refractivity contribution in [3.05, 3.63) is 83.3 Å². The molecule has 0 aliphatic heterocycles. The van der Waals surface area contributed by atoms with Crippen LogP contribution in [0.15, 0.2) is 65.3 Å². The lowest BCUT2D eigenvalue weighted by molar-refractivity contribution is 0.0939. The predicted molar refractivity (Wildman–Crippen MR) is 103 cm³/mol. The van der Waals surface area contributed by atoms with Gasteiger partial charge in [-0.3, -0.25) is 14.5 Å². The number of benzene rings is 2. The second-order valence-corrected chi connectivity index (χ2v) is 6.84. The molecule has 0 bridgehead atoms. The minimum Gasteiger partial charge on any atom is -0.468 e. The van der Waals surface area contributed by atoms with Gasteiger partial charge in [0.25, 0.3) is 5.91 Å². The Hall–Kier alpha value is -3.18. The van der Waals surface area contributed by atoms with Crippen LogP contribution in [0.2, 0.25) is 0 Å². The van der Waals surface area contributed by atoms with E-state index in [4.69, 9.17) is 4.42 Å². The Morgan fingerprint density at radius 2 is 1.74 bits per heavy atom. The normalized spacial score (nSPS) is 13.4. The van der Waals surface area contributed by atoms with Crippen LogP contribution in [0.4, 0.5) is 0 Å². The molecule has 1 atom stereocenters. The van der Waals surface area contributed by atoms with E-state index in [9.17, 15) is 9.59 Å². The molecule has 1 N–H and O–H groups in total. The first-order valence-electron chi connectivity index (χ1n) is 8.82. The van der Waals surface area contributed by atoms with Gasteiger partial charge in [-0.2, -0.15) is 0 Å². The maximum absolute atomic E-state index is 12.6. The van der Waals surface area contributed by atoms with Crippen LogP contribution in [0.3, 0.4) is 0 Å². The second kappa shape index (κ2) is 6.85. The van der Waals surface area contributed by atoms with E-state index in [1.54, 1.807) is 18.4 Å². The van der Waals surface area contributed by atoms with Gasteiger partial charge in [-0.15, -0.1) is 0 Å².